The molecule has 0 aliphatic heterocycles. The summed E-state index contributed by atoms with van der Waals surface area (Å²) in [5, 5.41) is 1.07. The van der Waals surface area contributed by atoms with Gasteiger partial charge < -0.3 is 0 Å². The largest absolute Gasteiger partial charge is 0.0922 e. The fourth-order valence-corrected chi connectivity index (χ4v) is 0.917. The van der Waals surface area contributed by atoms with Gasteiger partial charge in [0.15, 0.2) is 0 Å². The Morgan fingerprint density at radius 1 is 1.75 bits per heavy atom. The fraction of sp³-hybridized carbons (Fsp3) is 0.714. The van der Waals surface area contributed by atoms with Gasteiger partial charge in [-0.3, -0.25) is 0 Å². The number of allylic oxidation sites excluding steroid dienone is 2. The quantitative estimate of drug-likeness (QED) is 0.449. The summed E-state index contributed by atoms with van der Waals surface area (Å²) < 4.78 is 0. The van der Waals surface area contributed by atoms with Crippen molar-refractivity contribution in [3.8, 4) is 0 Å². The van der Waals surface area contributed by atoms with Gasteiger partial charge in [0.2, 0.25) is 0 Å². The third kappa shape index (κ3) is 2.51. The SMILES string of the molecule is C/C=C(\C)C(C)CBr. The van der Waals surface area contributed by atoms with Crippen molar-refractivity contribution < 1.29 is 0 Å². The molecule has 0 rings (SSSR count). The lowest BCUT2D eigenvalue weighted by molar-refractivity contribution is 0.787. The molecule has 0 fully saturated rings. The van der Waals surface area contributed by atoms with E-state index in [-0.39, 0.29) is 0 Å². The van der Waals surface area contributed by atoms with Gasteiger partial charge in [0.05, 0.1) is 0 Å². The molecule has 1 atom stereocenters. The molecule has 0 aliphatic rings. The highest BCUT2D eigenvalue weighted by atomic mass is 79.9. The molecular formula is C7H13Br. The monoisotopic (exact) mass is 176 g/mol. The minimum atomic E-state index is 0.694. The smallest absolute Gasteiger partial charge is 0.00942 e. The highest BCUT2D eigenvalue weighted by Gasteiger charge is 1.97. The Balaban J connectivity index is 3.63. The number of hydrogen-bond acceptors (Lipinski definition) is 0. The lowest BCUT2D eigenvalue weighted by Gasteiger charge is -2.05. The van der Waals surface area contributed by atoms with Gasteiger partial charge in [-0.1, -0.05) is 34.5 Å². The Bertz CT molecular complexity index is 84.4. The molecule has 0 heterocycles. The average molecular weight is 177 g/mol. The summed E-state index contributed by atoms with van der Waals surface area (Å²) in [5.74, 6) is 0.694. The Hall–Kier alpha value is 0.220. The molecular weight excluding hydrogens is 164 g/mol. The van der Waals surface area contributed by atoms with Crippen LogP contribution in [-0.2, 0) is 0 Å². The summed E-state index contributed by atoms with van der Waals surface area (Å²) in [6.45, 7) is 6.45. The van der Waals surface area contributed by atoms with E-state index in [2.05, 4.69) is 42.8 Å². The van der Waals surface area contributed by atoms with Crippen molar-refractivity contribution in [2.75, 3.05) is 5.33 Å². The minimum Gasteiger partial charge on any atom is -0.0922 e. The van der Waals surface area contributed by atoms with Gasteiger partial charge in [-0.15, -0.1) is 0 Å². The van der Waals surface area contributed by atoms with E-state index in [1.54, 1.807) is 0 Å². The molecule has 0 amide bonds. The van der Waals surface area contributed by atoms with Crippen LogP contribution in [0.4, 0.5) is 0 Å². The topological polar surface area (TPSA) is 0 Å². The van der Waals surface area contributed by atoms with Crippen LogP contribution in [0.1, 0.15) is 20.8 Å². The van der Waals surface area contributed by atoms with Crippen LogP contribution < -0.4 is 0 Å². The lowest BCUT2D eigenvalue weighted by Crippen LogP contribution is -1.95. The molecule has 48 valence electrons. The average Bonchev–Trinajstić information content (AvgIpc) is 1.84. The van der Waals surface area contributed by atoms with E-state index in [4.69, 9.17) is 0 Å². The standard InChI is InChI=1S/C7H13Br/c1-4-6(2)7(3)5-8/h4,7H,5H2,1-3H3/b6-4+. The molecule has 1 unspecified atom stereocenters. The number of hydrogen-bond donors (Lipinski definition) is 0. The first kappa shape index (κ1) is 8.22. The molecule has 0 radical (unpaired) electrons. The third-order valence-electron chi connectivity index (χ3n) is 1.46. The number of halogens is 1. The lowest BCUT2D eigenvalue weighted by atomic mass is 10.1. The zero-order valence-corrected chi connectivity index (χ0v) is 7.33. The van der Waals surface area contributed by atoms with E-state index in [0.29, 0.717) is 5.92 Å². The molecule has 0 saturated carbocycles. The van der Waals surface area contributed by atoms with Crippen LogP contribution in [0.5, 0.6) is 0 Å². The molecule has 0 saturated heterocycles. The maximum Gasteiger partial charge on any atom is 0.00942 e. The third-order valence-corrected chi connectivity index (χ3v) is 2.44. The first-order valence-corrected chi connectivity index (χ1v) is 4.03. The first-order valence-electron chi connectivity index (χ1n) is 2.91. The maximum absolute atomic E-state index is 3.42. The van der Waals surface area contributed by atoms with E-state index >= 15 is 0 Å². The van der Waals surface area contributed by atoms with Gasteiger partial charge >= 0.3 is 0 Å². The number of rotatable bonds is 2. The molecule has 0 nitrogen and oxygen atoms in total. The van der Waals surface area contributed by atoms with Crippen LogP contribution in [-0.4, -0.2) is 5.33 Å². The van der Waals surface area contributed by atoms with Crippen LogP contribution in [0.25, 0.3) is 0 Å². The van der Waals surface area contributed by atoms with E-state index < -0.39 is 0 Å². The predicted molar refractivity (Wildman–Crippen MR) is 42.4 cm³/mol. The van der Waals surface area contributed by atoms with Crippen molar-refractivity contribution in [2.45, 2.75) is 20.8 Å². The normalized spacial score (nSPS) is 16.2. The van der Waals surface area contributed by atoms with Crippen molar-refractivity contribution in [1.29, 1.82) is 0 Å². The van der Waals surface area contributed by atoms with Crippen molar-refractivity contribution >= 4 is 15.9 Å². The second-order valence-corrected chi connectivity index (χ2v) is 2.74. The molecule has 0 aromatic carbocycles. The summed E-state index contributed by atoms with van der Waals surface area (Å²) in [6.07, 6.45) is 2.16. The zero-order chi connectivity index (χ0) is 6.57. The van der Waals surface area contributed by atoms with Crippen LogP contribution in [0.15, 0.2) is 11.6 Å². The van der Waals surface area contributed by atoms with Crippen molar-refractivity contribution in [2.24, 2.45) is 5.92 Å². The summed E-state index contributed by atoms with van der Waals surface area (Å²) in [4.78, 5) is 0. The Kier molecular flexibility index (Phi) is 4.25. The van der Waals surface area contributed by atoms with Gasteiger partial charge in [-0.25, -0.2) is 0 Å². The van der Waals surface area contributed by atoms with Crippen LogP contribution in [0.3, 0.4) is 0 Å². The van der Waals surface area contributed by atoms with E-state index in [1.165, 1.54) is 5.57 Å². The van der Waals surface area contributed by atoms with E-state index in [1.807, 2.05) is 0 Å². The summed E-state index contributed by atoms with van der Waals surface area (Å²) in [5.41, 5.74) is 1.46. The molecule has 0 aromatic rings. The first-order chi connectivity index (χ1) is 3.72. The Morgan fingerprint density at radius 2 is 2.25 bits per heavy atom. The second kappa shape index (κ2) is 4.13. The number of alkyl halides is 1. The highest BCUT2D eigenvalue weighted by molar-refractivity contribution is 9.09. The summed E-state index contributed by atoms with van der Waals surface area (Å²) in [6, 6.07) is 0. The van der Waals surface area contributed by atoms with Gasteiger partial charge in [-0.2, -0.15) is 0 Å². The molecule has 0 bridgehead atoms. The van der Waals surface area contributed by atoms with E-state index in [0.717, 1.165) is 5.33 Å². The Labute approximate surface area is 60.1 Å². The minimum absolute atomic E-state index is 0.694. The summed E-state index contributed by atoms with van der Waals surface area (Å²) in [7, 11) is 0. The van der Waals surface area contributed by atoms with Crippen LogP contribution >= 0.6 is 15.9 Å². The second-order valence-electron chi connectivity index (χ2n) is 2.09. The Morgan fingerprint density at radius 3 is 2.38 bits per heavy atom. The molecule has 0 aliphatic carbocycles. The van der Waals surface area contributed by atoms with Crippen molar-refractivity contribution in [1.82, 2.24) is 0 Å². The van der Waals surface area contributed by atoms with Gasteiger partial charge in [-0.05, 0) is 19.8 Å². The van der Waals surface area contributed by atoms with Gasteiger partial charge in [0, 0.05) is 5.33 Å². The van der Waals surface area contributed by atoms with Crippen LogP contribution in [0.2, 0.25) is 0 Å². The predicted octanol–water partition coefficient (Wildman–Crippen LogP) is 2.98. The van der Waals surface area contributed by atoms with Crippen molar-refractivity contribution in [3.05, 3.63) is 11.6 Å². The van der Waals surface area contributed by atoms with Gasteiger partial charge in [0.1, 0.15) is 0 Å². The van der Waals surface area contributed by atoms with Crippen LogP contribution in [0, 0.1) is 5.92 Å². The van der Waals surface area contributed by atoms with Crippen molar-refractivity contribution in [3.63, 3.8) is 0 Å². The molecule has 1 heteroatoms. The molecule has 0 N–H and O–H groups in total. The van der Waals surface area contributed by atoms with Gasteiger partial charge in [0.25, 0.3) is 0 Å². The molecule has 8 heavy (non-hydrogen) atoms. The fourth-order valence-electron chi connectivity index (χ4n) is 0.406. The maximum atomic E-state index is 3.42. The summed E-state index contributed by atoms with van der Waals surface area (Å²) >= 11 is 3.42. The highest BCUT2D eigenvalue weighted by Crippen LogP contribution is 2.10. The molecule has 0 aromatic heterocycles. The van der Waals surface area contributed by atoms with E-state index in [9.17, 15) is 0 Å². The zero-order valence-electron chi connectivity index (χ0n) is 5.74. The molecule has 0 spiro atoms.